The molecule has 4 N–H and O–H groups in total. The first-order valence-corrected chi connectivity index (χ1v) is 38.8. The molecule has 6 unspecified atom stereocenters. The van der Waals surface area contributed by atoms with Crippen molar-refractivity contribution < 1.29 is 43.5 Å². The van der Waals surface area contributed by atoms with E-state index in [0.29, 0.717) is 42.4 Å². The first-order valence-electron chi connectivity index (χ1n) is 24.6. The van der Waals surface area contributed by atoms with E-state index in [1.54, 1.807) is 6.07 Å². The highest BCUT2D eigenvalue weighted by atomic mass is 127. The number of unbranched alkanes of at least 4 members (excludes halogenated alkanes) is 3. The predicted octanol–water partition coefficient (Wildman–Crippen LogP) is 10.8. The number of para-hydroxylation sites is 1. The first-order chi connectivity index (χ1) is 34.9. The number of nitrogens with one attached hydrogen (secondary N) is 3. The van der Waals surface area contributed by atoms with Crippen LogP contribution in [0.15, 0.2) is 24.3 Å². The van der Waals surface area contributed by atoms with Gasteiger partial charge in [0, 0.05) is 83.1 Å². The minimum absolute atomic E-state index is 0.00319. The zero-order chi connectivity index (χ0) is 59.1. The molecule has 8 amide bonds. The van der Waals surface area contributed by atoms with Crippen molar-refractivity contribution >= 4 is 261 Å². The van der Waals surface area contributed by atoms with Gasteiger partial charge in [0.1, 0.15) is 13.3 Å². The number of likely N-dealkylation sites (tertiary alicyclic amines) is 3. The molecule has 424 valence electrons. The number of amides is 8. The number of phenols is 1. The second kappa shape index (κ2) is 58.6. The highest BCUT2D eigenvalue weighted by Crippen LogP contribution is 2.32. The van der Waals surface area contributed by atoms with Gasteiger partial charge >= 0.3 is 4.42 Å². The van der Waals surface area contributed by atoms with Crippen LogP contribution in [-0.2, 0) is 44.9 Å². The summed E-state index contributed by atoms with van der Waals surface area (Å²) < 4.78 is 3.42. The topological polar surface area (TPSA) is 203 Å². The third-order valence-corrected chi connectivity index (χ3v) is 9.16. The largest absolute Gasteiger partial charge is 0.508 e. The molecule has 4 aliphatic heterocycles. The number of carbonyl (C=O) groups excluding carboxylic acids is 8. The number of hydrogen-bond donors (Lipinski definition) is 4. The Labute approximate surface area is 547 Å². The van der Waals surface area contributed by atoms with E-state index in [4.69, 9.17) is 7.57 Å². The van der Waals surface area contributed by atoms with Gasteiger partial charge in [0.05, 0.1) is 0 Å². The summed E-state index contributed by atoms with van der Waals surface area (Å²) in [6, 6.07) is 7.44. The fourth-order valence-corrected chi connectivity index (χ4v) is 5.72. The Bertz CT molecular complexity index is 1600. The van der Waals surface area contributed by atoms with Crippen LogP contribution < -0.4 is 15.9 Å². The Morgan fingerprint density at radius 2 is 0.867 bits per heavy atom. The molecule has 15 nitrogen and oxygen atoms in total. The fourth-order valence-electron chi connectivity index (χ4n) is 5.24. The van der Waals surface area contributed by atoms with Crippen LogP contribution >= 0.6 is 185 Å². The average Bonchev–Trinajstić information content (AvgIpc) is 4.03. The smallest absolute Gasteiger partial charge is 0.316 e. The van der Waals surface area contributed by atoms with Crippen LogP contribution in [0.3, 0.4) is 0 Å². The molecule has 4 saturated heterocycles. The lowest BCUT2D eigenvalue weighted by Crippen LogP contribution is -2.40. The van der Waals surface area contributed by atoms with Crippen LogP contribution in [0.5, 0.6) is 5.75 Å². The second-order valence-corrected chi connectivity index (χ2v) is 42.5. The maximum absolute atomic E-state index is 11.3. The van der Waals surface area contributed by atoms with E-state index in [1.807, 2.05) is 31.8 Å². The number of halogens is 6. The average molecular weight is 1830 g/mol. The number of phenolic OH excluding ortho intramolecular Hbond substituents is 1. The van der Waals surface area contributed by atoms with Gasteiger partial charge in [-0.05, 0) is 45.1 Å². The molecule has 2 radical (unpaired) electrons. The molecule has 1 aromatic rings. The Morgan fingerprint density at radius 1 is 0.573 bits per heavy atom. The van der Waals surface area contributed by atoms with Crippen LogP contribution in [-0.4, -0.2) is 136 Å². The van der Waals surface area contributed by atoms with Crippen molar-refractivity contribution in [3.8, 4) is 5.75 Å². The summed E-state index contributed by atoms with van der Waals surface area (Å²) >= 11 is 13.7. The number of hydrogen-bond acceptors (Lipinski definition) is 11. The summed E-state index contributed by atoms with van der Waals surface area (Å²) in [5.74, 6) is -0.783. The van der Waals surface area contributed by atoms with Crippen molar-refractivity contribution in [2.75, 3.05) is 39.4 Å². The molecule has 1 aromatic carbocycles. The third-order valence-electron chi connectivity index (χ3n) is 8.49. The molecule has 0 aromatic heterocycles. The molecular weight excluding hydrogens is 1740 g/mol. The summed E-state index contributed by atoms with van der Waals surface area (Å²) in [7, 11) is 18.4. The lowest BCUT2D eigenvalue weighted by molar-refractivity contribution is -0.143. The Kier molecular flexibility index (Phi) is 67.7. The monoisotopic (exact) mass is 1830 g/mol. The maximum Gasteiger partial charge on any atom is 0.316 e. The molecule has 4 heterocycles. The number of nitrogens with zero attached hydrogens (tertiary/aromatic N) is 3. The van der Waals surface area contributed by atoms with Crippen molar-refractivity contribution in [2.45, 2.75) is 144 Å². The number of imide groups is 4. The molecule has 33 heteroatoms. The molecule has 6 atom stereocenters. The van der Waals surface area contributed by atoms with Crippen LogP contribution in [0.2, 0.25) is 27.3 Å². The van der Waals surface area contributed by atoms with Gasteiger partial charge in [-0.3, -0.25) is 58.4 Å². The van der Waals surface area contributed by atoms with E-state index >= 15 is 0 Å². The van der Waals surface area contributed by atoms with E-state index in [1.165, 1.54) is 30.6 Å². The highest BCUT2D eigenvalue weighted by Gasteiger charge is 2.33. The van der Waals surface area contributed by atoms with Crippen LogP contribution in [0.1, 0.15) is 116 Å². The number of aromatic hydroxyl groups is 1. The van der Waals surface area contributed by atoms with Gasteiger partial charge in [-0.25, -0.2) is 0 Å². The van der Waals surface area contributed by atoms with Crippen LogP contribution in [0.25, 0.3) is 0 Å². The molecule has 4 fully saturated rings. The molecule has 0 saturated carbocycles. The highest BCUT2D eigenvalue weighted by molar-refractivity contribution is 14.2. The van der Waals surface area contributed by atoms with E-state index in [9.17, 15) is 43.5 Å². The molecule has 5 rings (SSSR count). The third kappa shape index (κ3) is 64.3. The van der Waals surface area contributed by atoms with Gasteiger partial charge in [-0.1, -0.05) is 113 Å². The van der Waals surface area contributed by atoms with Crippen molar-refractivity contribution in [2.24, 2.45) is 0 Å². The molecule has 0 aliphatic carbocycles. The Balaban J connectivity index is -0.000000254. The van der Waals surface area contributed by atoms with E-state index in [-0.39, 0.29) is 91.5 Å². The van der Waals surface area contributed by atoms with Gasteiger partial charge in [-0.15, -0.1) is 121 Å². The summed E-state index contributed by atoms with van der Waals surface area (Å²) in [6.07, 6.45) is 9.44. The van der Waals surface area contributed by atoms with E-state index < -0.39 is 0 Å². The number of rotatable bonds is 15. The van der Waals surface area contributed by atoms with E-state index in [0.717, 1.165) is 65.0 Å². The second-order valence-electron chi connectivity index (χ2n) is 16.2. The minimum Gasteiger partial charge on any atom is -0.508 e. The van der Waals surface area contributed by atoms with Gasteiger partial charge in [0.2, 0.25) is 64.4 Å². The molecular formula is C42H82B6I6N6O9P6. The van der Waals surface area contributed by atoms with Crippen molar-refractivity contribution in [3.63, 3.8) is 0 Å². The van der Waals surface area contributed by atoms with Crippen LogP contribution in [0.4, 0.5) is 0 Å². The molecule has 4 aliphatic rings. The van der Waals surface area contributed by atoms with Gasteiger partial charge in [0.25, 0.3) is 0 Å². The zero-order valence-corrected chi connectivity index (χ0v) is 64.7. The lowest BCUT2D eigenvalue weighted by Gasteiger charge is -2.18. The quantitative estimate of drug-likeness (QED) is 0.0428. The van der Waals surface area contributed by atoms with Crippen LogP contribution in [0, 0.1) is 0 Å². The van der Waals surface area contributed by atoms with Crippen molar-refractivity contribution in [1.29, 1.82) is 0 Å². The first kappa shape index (κ1) is 86.6. The van der Waals surface area contributed by atoms with Crippen molar-refractivity contribution in [3.05, 3.63) is 29.8 Å². The zero-order valence-electron chi connectivity index (χ0n) is 45.1. The van der Waals surface area contributed by atoms with E-state index in [2.05, 4.69) is 237 Å². The molecule has 75 heavy (non-hydrogen) atoms. The molecule has 0 spiro atoms. The fraction of sp³-hybridized carbons (Fsp3) is 0.667. The number of carbonyl (C=O) groups is 8. The summed E-state index contributed by atoms with van der Waals surface area (Å²) in [6.45, 7) is 20.7. The Hall–Kier alpha value is 2.85. The summed E-state index contributed by atoms with van der Waals surface area (Å²) in [5, 5.41) is 18.1. The SMILES string of the molecule is CB(P)I.CB(P)I.CB(P)I.CB(P)I.CCCCN1C(=O)CCC1=O.CCCCNB(P)I.CCCCNCc1ccccc1O.O=C1CCC(=O)N1.O=C1CCC(=O)N1CCN1C(=O)CCC1=O.[B]P(C)I. The minimum atomic E-state index is -0.218. The molecule has 0 bridgehead atoms. The normalized spacial score (nSPS) is 14.1. The number of benzene rings is 1. The lowest BCUT2D eigenvalue weighted by atomic mass is 10.2. The van der Waals surface area contributed by atoms with Gasteiger partial charge in [-0.2, -0.15) is 36.5 Å². The van der Waals surface area contributed by atoms with Crippen molar-refractivity contribution in [1.82, 2.24) is 30.6 Å². The summed E-state index contributed by atoms with van der Waals surface area (Å²) in [4.78, 5) is 90.9. The predicted molar refractivity (Wildman–Crippen MR) is 396 cm³/mol. The maximum atomic E-state index is 11.3. The Morgan fingerprint density at radius 3 is 1.13 bits per heavy atom. The standard InChI is InChI=1S/C11H17NO.C10H12N2O4.C8H13NO2.C4H12BINP.C4H5NO2.CH3BIP.4CH5BIP/c1-2-3-8-12-9-10-6-4-5-7-11(10)13;13-7-1-2-8(14)11(7)5-6-12-9(15)3-4-10(12)16;1-2-3-6-9-7(10)4-5-8(9)11;1-2-3-4-7-5(6)8;6-3-1-2-4(7)5-3;1-4(2)3;4*1-2(3)4/h4-7,12-13H,2-3,8-9H2,1H3;1-6H2;2-6H2,1H3;7H,2-4,8H2,1H3;1-2H2,(H,5,6,7);1H3;4*4H2,1H3. The van der Waals surface area contributed by atoms with Gasteiger partial charge < -0.3 is 15.7 Å². The summed E-state index contributed by atoms with van der Waals surface area (Å²) in [5.41, 5.74) is 0.821. The van der Waals surface area contributed by atoms with Gasteiger partial charge in [0.15, 0.2) is 0 Å².